The number of imidazole rings is 1. The smallest absolute Gasteiger partial charge is 0.337 e. The minimum absolute atomic E-state index is 0.310. The van der Waals surface area contributed by atoms with E-state index in [4.69, 9.17) is 4.74 Å². The Kier molecular flexibility index (Phi) is 3.23. The molecular weight excluding hydrogens is 240 g/mol. The highest BCUT2D eigenvalue weighted by Gasteiger charge is 2.19. The molecule has 0 bridgehead atoms. The number of rotatable bonds is 2. The molecule has 1 aliphatic carbocycles. The van der Waals surface area contributed by atoms with E-state index in [1.165, 1.54) is 39.2 Å². The van der Waals surface area contributed by atoms with Crippen molar-refractivity contribution in [3.05, 3.63) is 29.6 Å². The lowest BCUT2D eigenvalue weighted by molar-refractivity contribution is 0.0601. The van der Waals surface area contributed by atoms with Crippen LogP contribution in [0.5, 0.6) is 0 Å². The van der Waals surface area contributed by atoms with Crippen LogP contribution in [0.3, 0.4) is 0 Å². The van der Waals surface area contributed by atoms with Crippen molar-refractivity contribution in [3.8, 4) is 0 Å². The number of nitrogens with one attached hydrogen (secondary N) is 1. The third-order valence-electron chi connectivity index (χ3n) is 3.91. The molecule has 0 unspecified atom stereocenters. The van der Waals surface area contributed by atoms with Crippen LogP contribution in [0.1, 0.15) is 54.2 Å². The summed E-state index contributed by atoms with van der Waals surface area (Å²) in [5.41, 5.74) is 2.41. The summed E-state index contributed by atoms with van der Waals surface area (Å²) in [6.45, 7) is 0. The number of hydrogen-bond acceptors (Lipinski definition) is 3. The maximum absolute atomic E-state index is 11.5. The van der Waals surface area contributed by atoms with E-state index in [9.17, 15) is 4.79 Å². The van der Waals surface area contributed by atoms with E-state index >= 15 is 0 Å². The van der Waals surface area contributed by atoms with Gasteiger partial charge in [0.1, 0.15) is 5.82 Å². The molecule has 19 heavy (non-hydrogen) atoms. The van der Waals surface area contributed by atoms with E-state index in [0.29, 0.717) is 11.5 Å². The normalized spacial score (nSPS) is 16.7. The zero-order valence-corrected chi connectivity index (χ0v) is 11.1. The van der Waals surface area contributed by atoms with E-state index in [1.807, 2.05) is 12.1 Å². The Labute approximate surface area is 112 Å². The van der Waals surface area contributed by atoms with Gasteiger partial charge in [-0.05, 0) is 31.0 Å². The van der Waals surface area contributed by atoms with Gasteiger partial charge in [0.15, 0.2) is 0 Å². The summed E-state index contributed by atoms with van der Waals surface area (Å²) < 4.78 is 4.74. The molecule has 1 saturated carbocycles. The van der Waals surface area contributed by atoms with Gasteiger partial charge in [-0.2, -0.15) is 0 Å². The molecule has 1 aromatic heterocycles. The summed E-state index contributed by atoms with van der Waals surface area (Å²) >= 11 is 0. The first-order valence-corrected chi connectivity index (χ1v) is 6.86. The fourth-order valence-corrected chi connectivity index (χ4v) is 2.84. The third-order valence-corrected chi connectivity index (χ3v) is 3.91. The van der Waals surface area contributed by atoms with Crippen LogP contribution >= 0.6 is 0 Å². The standard InChI is InChI=1S/C15H18N2O2/c1-19-15(18)11-7-8-12-13(9-11)17-14(16-12)10-5-3-2-4-6-10/h7-10H,2-6H2,1H3,(H,16,17). The van der Waals surface area contributed by atoms with Crippen molar-refractivity contribution >= 4 is 17.0 Å². The zero-order valence-electron chi connectivity index (χ0n) is 11.1. The van der Waals surface area contributed by atoms with E-state index in [-0.39, 0.29) is 5.97 Å². The first-order chi connectivity index (χ1) is 9.28. The number of H-pyrrole nitrogens is 1. The number of aromatic amines is 1. The maximum atomic E-state index is 11.5. The molecule has 4 heteroatoms. The molecule has 1 fully saturated rings. The van der Waals surface area contributed by atoms with Gasteiger partial charge in [0, 0.05) is 5.92 Å². The van der Waals surface area contributed by atoms with Crippen molar-refractivity contribution in [2.45, 2.75) is 38.0 Å². The van der Waals surface area contributed by atoms with Crippen molar-refractivity contribution < 1.29 is 9.53 Å². The molecule has 0 amide bonds. The van der Waals surface area contributed by atoms with Gasteiger partial charge in [-0.1, -0.05) is 19.3 Å². The molecule has 0 atom stereocenters. The predicted octanol–water partition coefficient (Wildman–Crippen LogP) is 3.40. The monoisotopic (exact) mass is 258 g/mol. The Hall–Kier alpha value is -1.84. The lowest BCUT2D eigenvalue weighted by Crippen LogP contribution is -2.05. The quantitative estimate of drug-likeness (QED) is 0.840. The number of hydrogen-bond donors (Lipinski definition) is 1. The Bertz CT molecular complexity index is 597. The average molecular weight is 258 g/mol. The Morgan fingerprint density at radius 2 is 2.11 bits per heavy atom. The molecule has 1 aromatic carbocycles. The van der Waals surface area contributed by atoms with Gasteiger partial charge in [-0.3, -0.25) is 0 Å². The molecule has 100 valence electrons. The number of benzene rings is 1. The number of esters is 1. The molecular formula is C15H18N2O2. The van der Waals surface area contributed by atoms with E-state index < -0.39 is 0 Å². The van der Waals surface area contributed by atoms with Gasteiger partial charge in [0.25, 0.3) is 0 Å². The molecule has 4 nitrogen and oxygen atoms in total. The van der Waals surface area contributed by atoms with Crippen LogP contribution in [0.25, 0.3) is 11.0 Å². The van der Waals surface area contributed by atoms with Crippen molar-refractivity contribution in [3.63, 3.8) is 0 Å². The van der Waals surface area contributed by atoms with Crippen LogP contribution in [0.15, 0.2) is 18.2 Å². The summed E-state index contributed by atoms with van der Waals surface area (Å²) in [6.07, 6.45) is 6.33. The largest absolute Gasteiger partial charge is 0.465 e. The second kappa shape index (κ2) is 5.03. The van der Waals surface area contributed by atoms with Crippen LogP contribution in [0.4, 0.5) is 0 Å². The van der Waals surface area contributed by atoms with Crippen molar-refractivity contribution in [2.24, 2.45) is 0 Å². The third kappa shape index (κ3) is 2.35. The maximum Gasteiger partial charge on any atom is 0.337 e. The molecule has 1 N–H and O–H groups in total. The Morgan fingerprint density at radius 1 is 1.32 bits per heavy atom. The number of carbonyl (C=O) groups excluding carboxylic acids is 1. The summed E-state index contributed by atoms with van der Waals surface area (Å²) in [6, 6.07) is 5.46. The summed E-state index contributed by atoms with van der Waals surface area (Å²) in [5, 5.41) is 0. The fourth-order valence-electron chi connectivity index (χ4n) is 2.84. The number of aromatic nitrogens is 2. The topological polar surface area (TPSA) is 55.0 Å². The molecule has 0 radical (unpaired) electrons. The number of ether oxygens (including phenoxy) is 1. The summed E-state index contributed by atoms with van der Waals surface area (Å²) in [4.78, 5) is 19.5. The number of methoxy groups -OCH3 is 1. The number of nitrogens with zero attached hydrogens (tertiary/aromatic N) is 1. The molecule has 3 rings (SSSR count). The minimum Gasteiger partial charge on any atom is -0.465 e. The van der Waals surface area contributed by atoms with Gasteiger partial charge in [0.05, 0.1) is 23.7 Å². The number of carbonyl (C=O) groups is 1. The predicted molar refractivity (Wildman–Crippen MR) is 73.3 cm³/mol. The second-order valence-corrected chi connectivity index (χ2v) is 5.18. The fraction of sp³-hybridized carbons (Fsp3) is 0.467. The SMILES string of the molecule is COC(=O)c1ccc2nc(C3CCCCC3)[nH]c2c1. The van der Waals surface area contributed by atoms with Crippen LogP contribution < -0.4 is 0 Å². The lowest BCUT2D eigenvalue weighted by atomic mass is 9.89. The first-order valence-electron chi connectivity index (χ1n) is 6.86. The van der Waals surface area contributed by atoms with Crippen molar-refractivity contribution in [1.29, 1.82) is 0 Å². The molecule has 2 aromatic rings. The van der Waals surface area contributed by atoms with Gasteiger partial charge in [-0.15, -0.1) is 0 Å². The van der Waals surface area contributed by atoms with Gasteiger partial charge in [0.2, 0.25) is 0 Å². The molecule has 0 aliphatic heterocycles. The second-order valence-electron chi connectivity index (χ2n) is 5.18. The Morgan fingerprint density at radius 3 is 2.84 bits per heavy atom. The average Bonchev–Trinajstić information content (AvgIpc) is 2.90. The van der Waals surface area contributed by atoms with Crippen molar-refractivity contribution in [1.82, 2.24) is 9.97 Å². The van der Waals surface area contributed by atoms with E-state index in [1.54, 1.807) is 6.07 Å². The zero-order chi connectivity index (χ0) is 13.2. The summed E-state index contributed by atoms with van der Waals surface area (Å²) in [5.74, 6) is 1.30. The van der Waals surface area contributed by atoms with E-state index in [2.05, 4.69) is 9.97 Å². The summed E-state index contributed by atoms with van der Waals surface area (Å²) in [7, 11) is 1.40. The van der Waals surface area contributed by atoms with Gasteiger partial charge in [-0.25, -0.2) is 9.78 Å². The molecule has 0 spiro atoms. The lowest BCUT2D eigenvalue weighted by Gasteiger charge is -2.18. The van der Waals surface area contributed by atoms with Crippen molar-refractivity contribution in [2.75, 3.05) is 7.11 Å². The first kappa shape index (κ1) is 12.2. The highest BCUT2D eigenvalue weighted by Crippen LogP contribution is 2.32. The van der Waals surface area contributed by atoms with Crippen LogP contribution in [-0.4, -0.2) is 23.0 Å². The van der Waals surface area contributed by atoms with Crippen LogP contribution in [-0.2, 0) is 4.74 Å². The molecule has 1 heterocycles. The molecule has 0 saturated heterocycles. The highest BCUT2D eigenvalue weighted by atomic mass is 16.5. The minimum atomic E-state index is -0.310. The van der Waals surface area contributed by atoms with Crippen LogP contribution in [0, 0.1) is 0 Å². The molecule has 1 aliphatic rings. The number of fused-ring (bicyclic) bond motifs is 1. The van der Waals surface area contributed by atoms with E-state index in [0.717, 1.165) is 16.9 Å². The van der Waals surface area contributed by atoms with Gasteiger partial charge >= 0.3 is 5.97 Å². The highest BCUT2D eigenvalue weighted by molar-refractivity contribution is 5.93. The van der Waals surface area contributed by atoms with Crippen LogP contribution in [0.2, 0.25) is 0 Å². The Balaban J connectivity index is 1.93. The van der Waals surface area contributed by atoms with Gasteiger partial charge < -0.3 is 9.72 Å².